The van der Waals surface area contributed by atoms with Crippen molar-refractivity contribution in [3.05, 3.63) is 0 Å². The number of hydrogen-bond donors (Lipinski definition) is 0. The standard InChI is InChI=1S/C19H33B/c1-4-16-17-11-13(19(17,2)3)12-18(16)20-14-7-5-8-15(20)10-6-9-14/h13-18H,4-12H2,1-3H3/t13-,14?,15?,16-,17+,18-/m1/s1. The minimum atomic E-state index is 0.682. The smallest absolute Gasteiger partial charge is 0.0651 e. The molecule has 0 radical (unpaired) electrons. The van der Waals surface area contributed by atoms with Crippen molar-refractivity contribution < 1.29 is 0 Å². The van der Waals surface area contributed by atoms with Gasteiger partial charge in [0, 0.05) is 0 Å². The van der Waals surface area contributed by atoms with E-state index in [-0.39, 0.29) is 0 Å². The zero-order valence-corrected chi connectivity index (χ0v) is 13.9. The van der Waals surface area contributed by atoms with Crippen molar-refractivity contribution in [2.24, 2.45) is 23.2 Å². The van der Waals surface area contributed by atoms with Crippen molar-refractivity contribution in [3.8, 4) is 0 Å². The van der Waals surface area contributed by atoms with Gasteiger partial charge in [-0.3, -0.25) is 0 Å². The molecular formula is C19H33B. The Morgan fingerprint density at radius 2 is 1.55 bits per heavy atom. The van der Waals surface area contributed by atoms with Gasteiger partial charge in [0.1, 0.15) is 6.71 Å². The van der Waals surface area contributed by atoms with Crippen molar-refractivity contribution in [2.45, 2.75) is 96.0 Å². The number of rotatable bonds is 2. The van der Waals surface area contributed by atoms with Gasteiger partial charge in [0.2, 0.25) is 0 Å². The van der Waals surface area contributed by atoms with E-state index in [0.29, 0.717) is 5.41 Å². The Balaban J connectivity index is 1.59. The first-order valence-corrected chi connectivity index (χ1v) is 9.63. The Morgan fingerprint density at radius 1 is 0.950 bits per heavy atom. The second-order valence-corrected chi connectivity index (χ2v) is 9.29. The predicted octanol–water partition coefficient (Wildman–Crippen LogP) is 6.05. The maximum Gasteiger partial charge on any atom is 0.149 e. The van der Waals surface area contributed by atoms with E-state index >= 15 is 0 Å². The molecular weight excluding hydrogens is 239 g/mol. The molecule has 4 bridgehead atoms. The van der Waals surface area contributed by atoms with Crippen molar-refractivity contribution in [1.29, 1.82) is 0 Å². The van der Waals surface area contributed by atoms with Crippen LogP contribution in [0.3, 0.4) is 0 Å². The fourth-order valence-corrected chi connectivity index (χ4v) is 7.44. The van der Waals surface area contributed by atoms with Gasteiger partial charge in [-0.1, -0.05) is 89.6 Å². The number of fused-ring (bicyclic) bond motifs is 5. The molecule has 2 aliphatic heterocycles. The van der Waals surface area contributed by atoms with Crippen molar-refractivity contribution in [1.82, 2.24) is 0 Å². The van der Waals surface area contributed by atoms with E-state index < -0.39 is 0 Å². The lowest BCUT2D eigenvalue weighted by Crippen LogP contribution is -2.58. The zero-order chi connectivity index (χ0) is 13.9. The van der Waals surface area contributed by atoms with Crippen molar-refractivity contribution in [3.63, 3.8) is 0 Å². The summed E-state index contributed by atoms with van der Waals surface area (Å²) in [6.45, 7) is 8.79. The van der Waals surface area contributed by atoms with Crippen LogP contribution in [0.1, 0.15) is 78.6 Å². The second kappa shape index (κ2) is 4.78. The lowest BCUT2D eigenvalue weighted by molar-refractivity contribution is -0.106. The molecule has 0 aromatic heterocycles. The Labute approximate surface area is 126 Å². The normalized spacial score (nSPS) is 49.6. The molecule has 0 aromatic carbocycles. The van der Waals surface area contributed by atoms with Crippen LogP contribution in [0, 0.1) is 23.2 Å². The maximum absolute atomic E-state index is 2.58. The van der Waals surface area contributed by atoms with Gasteiger partial charge >= 0.3 is 0 Å². The summed E-state index contributed by atoms with van der Waals surface area (Å²) in [6.07, 6.45) is 14.0. The molecule has 112 valence electrons. The van der Waals surface area contributed by atoms with Gasteiger partial charge in [-0.05, 0) is 29.6 Å². The first kappa shape index (κ1) is 13.7. The quantitative estimate of drug-likeness (QED) is 0.536. The van der Waals surface area contributed by atoms with Crippen LogP contribution >= 0.6 is 0 Å². The topological polar surface area (TPSA) is 0 Å². The second-order valence-electron chi connectivity index (χ2n) is 9.29. The van der Waals surface area contributed by atoms with Crippen LogP contribution < -0.4 is 0 Å². The van der Waals surface area contributed by atoms with Gasteiger partial charge < -0.3 is 0 Å². The third-order valence-electron chi connectivity index (χ3n) is 8.52. The molecule has 2 saturated heterocycles. The van der Waals surface area contributed by atoms with Crippen molar-refractivity contribution >= 4 is 6.71 Å². The molecule has 2 heterocycles. The third-order valence-corrected chi connectivity index (χ3v) is 8.52. The van der Waals surface area contributed by atoms with Gasteiger partial charge in [0.05, 0.1) is 0 Å². The summed E-state index contributed by atoms with van der Waals surface area (Å²) in [6, 6.07) is 0. The van der Waals surface area contributed by atoms with Crippen LogP contribution in [0.2, 0.25) is 17.5 Å². The summed E-state index contributed by atoms with van der Waals surface area (Å²) in [5, 5.41) is 0. The monoisotopic (exact) mass is 272 g/mol. The third kappa shape index (κ3) is 1.80. The van der Waals surface area contributed by atoms with Crippen LogP contribution in [-0.2, 0) is 0 Å². The van der Waals surface area contributed by atoms with Crippen LogP contribution in [0.4, 0.5) is 0 Å². The van der Waals surface area contributed by atoms with E-state index in [4.69, 9.17) is 0 Å². The van der Waals surface area contributed by atoms with Crippen molar-refractivity contribution in [2.75, 3.05) is 0 Å². The fraction of sp³-hybridized carbons (Fsp3) is 1.00. The molecule has 1 heteroatoms. The molecule has 3 saturated carbocycles. The Bertz CT molecular complexity index is 352. The van der Waals surface area contributed by atoms with E-state index in [0.717, 1.165) is 41.9 Å². The molecule has 0 aromatic rings. The van der Waals surface area contributed by atoms with E-state index in [1.54, 1.807) is 51.4 Å². The highest BCUT2D eigenvalue weighted by Crippen LogP contribution is 2.68. The van der Waals surface area contributed by atoms with E-state index in [1.807, 2.05) is 0 Å². The molecule has 0 unspecified atom stereocenters. The van der Waals surface area contributed by atoms with Gasteiger partial charge in [0.25, 0.3) is 0 Å². The van der Waals surface area contributed by atoms with Crippen LogP contribution in [0.15, 0.2) is 0 Å². The molecule has 20 heavy (non-hydrogen) atoms. The molecule has 0 nitrogen and oxygen atoms in total. The highest BCUT2D eigenvalue weighted by Gasteiger charge is 2.60. The van der Waals surface area contributed by atoms with Crippen LogP contribution in [0.5, 0.6) is 0 Å². The molecule has 5 rings (SSSR count). The maximum atomic E-state index is 2.58. The van der Waals surface area contributed by atoms with E-state index in [2.05, 4.69) is 20.8 Å². The Kier molecular flexibility index (Phi) is 3.28. The summed E-state index contributed by atoms with van der Waals surface area (Å²) in [5.41, 5.74) is 0.682. The first-order chi connectivity index (χ1) is 9.63. The van der Waals surface area contributed by atoms with Gasteiger partial charge in [-0.15, -0.1) is 0 Å². The predicted molar refractivity (Wildman–Crippen MR) is 88.5 cm³/mol. The number of hydrogen-bond acceptors (Lipinski definition) is 0. The van der Waals surface area contributed by atoms with Gasteiger partial charge in [-0.2, -0.15) is 0 Å². The molecule has 0 spiro atoms. The molecule has 5 fully saturated rings. The molecule has 3 aliphatic carbocycles. The Hall–Kier alpha value is 0.0649. The fourth-order valence-electron chi connectivity index (χ4n) is 7.44. The summed E-state index contributed by atoms with van der Waals surface area (Å²) in [4.78, 5) is 0. The van der Waals surface area contributed by atoms with Crippen LogP contribution in [0.25, 0.3) is 0 Å². The van der Waals surface area contributed by atoms with E-state index in [9.17, 15) is 0 Å². The summed E-state index contributed by atoms with van der Waals surface area (Å²) >= 11 is 0. The molecule has 5 aliphatic rings. The van der Waals surface area contributed by atoms with E-state index in [1.165, 1.54) is 6.42 Å². The highest BCUT2D eigenvalue weighted by molar-refractivity contribution is 6.64. The first-order valence-electron chi connectivity index (χ1n) is 9.63. The Morgan fingerprint density at radius 3 is 2.05 bits per heavy atom. The van der Waals surface area contributed by atoms with Gasteiger partial charge in [-0.25, -0.2) is 0 Å². The highest BCUT2D eigenvalue weighted by atomic mass is 14.6. The summed E-state index contributed by atoms with van der Waals surface area (Å²) < 4.78 is 0. The molecule has 4 atom stereocenters. The summed E-state index contributed by atoms with van der Waals surface area (Å²) in [5.74, 6) is 6.58. The van der Waals surface area contributed by atoms with Crippen LogP contribution in [-0.4, -0.2) is 6.71 Å². The lowest BCUT2D eigenvalue weighted by Gasteiger charge is -2.65. The van der Waals surface area contributed by atoms with Gasteiger partial charge in [0.15, 0.2) is 0 Å². The molecule has 0 N–H and O–H groups in total. The average molecular weight is 272 g/mol. The SMILES string of the molecule is CC[C@H]1[C@H](B2C3CCCC2CCC3)C[C@H]2C[C@@H]1C2(C)C. The molecule has 0 amide bonds. The lowest BCUT2D eigenvalue weighted by atomic mass is 9.18. The minimum Gasteiger partial charge on any atom is -0.0651 e. The largest absolute Gasteiger partial charge is 0.149 e. The zero-order valence-electron chi connectivity index (χ0n) is 13.9. The minimum absolute atomic E-state index is 0.682. The summed E-state index contributed by atoms with van der Waals surface area (Å²) in [7, 11) is 0. The average Bonchev–Trinajstić information content (AvgIpc) is 2.45.